The fraction of sp³-hybridized carbons (Fsp3) is 0.250. The molecule has 1 atom stereocenters. The van der Waals surface area contributed by atoms with E-state index in [9.17, 15) is 14.0 Å². The van der Waals surface area contributed by atoms with Crippen molar-refractivity contribution in [2.45, 2.75) is 25.9 Å². The molecule has 0 spiro atoms. The van der Waals surface area contributed by atoms with Crippen molar-refractivity contribution in [3.63, 3.8) is 0 Å². The van der Waals surface area contributed by atoms with Crippen molar-refractivity contribution in [3.05, 3.63) is 63.9 Å². The number of amides is 2. The lowest BCUT2D eigenvalue weighted by atomic mass is 10.0. The van der Waals surface area contributed by atoms with Crippen molar-refractivity contribution in [2.24, 2.45) is 5.16 Å². The number of aryl methyl sites for hydroxylation is 1. The summed E-state index contributed by atoms with van der Waals surface area (Å²) < 4.78 is 14.2. The molecule has 0 bridgehead atoms. The second-order valence-electron chi connectivity index (χ2n) is 6.39. The Morgan fingerprint density at radius 1 is 1.29 bits per heavy atom. The molecule has 0 aromatic heterocycles. The first-order valence-electron chi connectivity index (χ1n) is 8.75. The van der Waals surface area contributed by atoms with Gasteiger partial charge in [-0.1, -0.05) is 39.3 Å². The maximum Gasteiger partial charge on any atom is 0.264 e. The zero-order chi connectivity index (χ0) is 20.1. The van der Waals surface area contributed by atoms with Crippen LogP contribution in [-0.2, 0) is 14.4 Å². The minimum absolute atomic E-state index is 0.127. The molecule has 0 fully saturated rings. The largest absolute Gasteiger partial charge is 0.382 e. The Bertz CT molecular complexity index is 933. The third-order valence-electron chi connectivity index (χ3n) is 4.24. The molecule has 3 rings (SSSR count). The highest BCUT2D eigenvalue weighted by Crippen LogP contribution is 2.21. The first kappa shape index (κ1) is 20.0. The number of hydrogen-bond donors (Lipinski definition) is 2. The predicted octanol–water partition coefficient (Wildman–Crippen LogP) is 3.53. The first-order chi connectivity index (χ1) is 13.4. The number of carbonyl (C=O) groups is 2. The second-order valence-corrected chi connectivity index (χ2v) is 7.31. The Hall–Kier alpha value is -2.74. The summed E-state index contributed by atoms with van der Waals surface area (Å²) in [5.74, 6) is -0.938. The number of hydrogen-bond acceptors (Lipinski definition) is 4. The van der Waals surface area contributed by atoms with Gasteiger partial charge in [0.2, 0.25) is 12.0 Å². The summed E-state index contributed by atoms with van der Waals surface area (Å²) in [6, 6.07) is 11.6. The van der Waals surface area contributed by atoms with Crippen molar-refractivity contribution in [2.75, 3.05) is 11.9 Å². The van der Waals surface area contributed by atoms with E-state index in [1.807, 2.05) is 25.1 Å². The highest BCUT2D eigenvalue weighted by molar-refractivity contribution is 9.10. The molecule has 2 amide bonds. The molecule has 2 N–H and O–H groups in total. The molecule has 0 aliphatic carbocycles. The zero-order valence-corrected chi connectivity index (χ0v) is 16.8. The van der Waals surface area contributed by atoms with Gasteiger partial charge in [0.1, 0.15) is 5.82 Å². The maximum atomic E-state index is 13.3. The number of nitrogens with one attached hydrogen (secondary N) is 2. The zero-order valence-electron chi connectivity index (χ0n) is 15.2. The molecule has 1 aliphatic heterocycles. The maximum absolute atomic E-state index is 13.3. The first-order valence-corrected chi connectivity index (χ1v) is 9.54. The standard InChI is InChI=1S/C20H19BrFN3O3/c1-12-5-6-14(21)10-16(12)24-19(26)7-8-23-20(27)18-11-17(25-28-18)13-3-2-4-15(22)9-13/h2-6,9-10,18H,7-8,11H2,1H3,(H,23,27)(H,24,26). The molecule has 2 aromatic rings. The topological polar surface area (TPSA) is 79.8 Å². The van der Waals surface area contributed by atoms with Gasteiger partial charge >= 0.3 is 0 Å². The lowest BCUT2D eigenvalue weighted by Crippen LogP contribution is -2.36. The minimum atomic E-state index is -0.784. The van der Waals surface area contributed by atoms with Crippen LogP contribution in [0.15, 0.2) is 52.1 Å². The van der Waals surface area contributed by atoms with E-state index in [2.05, 4.69) is 31.7 Å². The molecule has 1 unspecified atom stereocenters. The van der Waals surface area contributed by atoms with E-state index in [4.69, 9.17) is 4.84 Å². The normalized spacial score (nSPS) is 15.5. The van der Waals surface area contributed by atoms with Crippen LogP contribution in [0.2, 0.25) is 0 Å². The van der Waals surface area contributed by atoms with Gasteiger partial charge in [-0.15, -0.1) is 0 Å². The number of benzene rings is 2. The van der Waals surface area contributed by atoms with E-state index in [0.29, 0.717) is 11.3 Å². The van der Waals surface area contributed by atoms with E-state index in [-0.39, 0.29) is 37.0 Å². The summed E-state index contributed by atoms with van der Waals surface area (Å²) in [6.07, 6.45) is -0.408. The molecule has 0 radical (unpaired) electrons. The molecular formula is C20H19BrFN3O3. The summed E-state index contributed by atoms with van der Waals surface area (Å²) in [4.78, 5) is 29.4. The van der Waals surface area contributed by atoms with Crippen LogP contribution < -0.4 is 10.6 Å². The van der Waals surface area contributed by atoms with Crippen molar-refractivity contribution in [1.29, 1.82) is 0 Å². The molecule has 1 aliphatic rings. The SMILES string of the molecule is Cc1ccc(Br)cc1NC(=O)CCNC(=O)C1CC(c2cccc(F)c2)=NO1. The lowest BCUT2D eigenvalue weighted by Gasteiger charge is -2.11. The Labute approximate surface area is 170 Å². The highest BCUT2D eigenvalue weighted by Gasteiger charge is 2.28. The summed E-state index contributed by atoms with van der Waals surface area (Å²) >= 11 is 3.37. The third kappa shape index (κ3) is 5.16. The van der Waals surface area contributed by atoms with E-state index in [1.165, 1.54) is 12.1 Å². The van der Waals surface area contributed by atoms with Crippen LogP contribution in [0.4, 0.5) is 10.1 Å². The van der Waals surface area contributed by atoms with E-state index in [0.717, 1.165) is 15.7 Å². The molecule has 2 aromatic carbocycles. The predicted molar refractivity (Wildman–Crippen MR) is 108 cm³/mol. The van der Waals surface area contributed by atoms with E-state index in [1.54, 1.807) is 12.1 Å². The number of halogens is 2. The van der Waals surface area contributed by atoms with Crippen LogP contribution in [0.5, 0.6) is 0 Å². The van der Waals surface area contributed by atoms with Crippen LogP contribution in [0.25, 0.3) is 0 Å². The van der Waals surface area contributed by atoms with Gasteiger partial charge in [0.05, 0.1) is 5.71 Å². The van der Waals surface area contributed by atoms with Gasteiger partial charge in [-0.05, 0) is 36.8 Å². The number of carbonyl (C=O) groups excluding carboxylic acids is 2. The Balaban J connectivity index is 1.44. The number of nitrogens with zero attached hydrogens (tertiary/aromatic N) is 1. The lowest BCUT2D eigenvalue weighted by molar-refractivity contribution is -0.131. The van der Waals surface area contributed by atoms with Crippen LogP contribution in [0.3, 0.4) is 0 Å². The summed E-state index contributed by atoms with van der Waals surface area (Å²) in [5.41, 5.74) is 2.77. The number of anilines is 1. The van der Waals surface area contributed by atoms with Gasteiger partial charge in [-0.25, -0.2) is 4.39 Å². The fourth-order valence-corrected chi connectivity index (χ4v) is 3.07. The van der Waals surface area contributed by atoms with Gasteiger partial charge in [0.25, 0.3) is 5.91 Å². The quantitative estimate of drug-likeness (QED) is 0.710. The molecule has 146 valence electrons. The van der Waals surface area contributed by atoms with Crippen molar-refractivity contribution in [1.82, 2.24) is 5.32 Å². The van der Waals surface area contributed by atoms with Crippen molar-refractivity contribution < 1.29 is 18.8 Å². The van der Waals surface area contributed by atoms with E-state index < -0.39 is 6.10 Å². The van der Waals surface area contributed by atoms with Gasteiger partial charge in [0, 0.05) is 35.1 Å². The van der Waals surface area contributed by atoms with Crippen LogP contribution in [-0.4, -0.2) is 30.2 Å². The minimum Gasteiger partial charge on any atom is -0.382 e. The summed E-state index contributed by atoms with van der Waals surface area (Å²) in [7, 11) is 0. The molecular weight excluding hydrogens is 429 g/mol. The third-order valence-corrected chi connectivity index (χ3v) is 4.74. The number of rotatable bonds is 6. The Morgan fingerprint density at radius 2 is 2.11 bits per heavy atom. The molecule has 1 heterocycles. The van der Waals surface area contributed by atoms with Crippen LogP contribution in [0, 0.1) is 12.7 Å². The van der Waals surface area contributed by atoms with Crippen LogP contribution >= 0.6 is 15.9 Å². The molecule has 0 saturated heterocycles. The molecule has 28 heavy (non-hydrogen) atoms. The Morgan fingerprint density at radius 3 is 2.89 bits per heavy atom. The average molecular weight is 448 g/mol. The Kier molecular flexibility index (Phi) is 6.41. The molecule has 6 nitrogen and oxygen atoms in total. The monoisotopic (exact) mass is 447 g/mol. The van der Waals surface area contributed by atoms with Crippen molar-refractivity contribution >= 4 is 39.1 Å². The van der Waals surface area contributed by atoms with Gasteiger partial charge in [-0.2, -0.15) is 0 Å². The molecule has 8 heteroatoms. The van der Waals surface area contributed by atoms with E-state index >= 15 is 0 Å². The fourth-order valence-electron chi connectivity index (χ4n) is 2.71. The smallest absolute Gasteiger partial charge is 0.264 e. The average Bonchev–Trinajstić information content (AvgIpc) is 3.15. The van der Waals surface area contributed by atoms with Crippen LogP contribution in [0.1, 0.15) is 24.0 Å². The molecule has 0 saturated carbocycles. The summed E-state index contributed by atoms with van der Waals surface area (Å²) in [6.45, 7) is 2.07. The highest BCUT2D eigenvalue weighted by atomic mass is 79.9. The van der Waals surface area contributed by atoms with Gasteiger partial charge in [0.15, 0.2) is 0 Å². The van der Waals surface area contributed by atoms with Gasteiger partial charge < -0.3 is 15.5 Å². The number of oxime groups is 1. The van der Waals surface area contributed by atoms with Gasteiger partial charge in [-0.3, -0.25) is 9.59 Å². The second kappa shape index (κ2) is 8.97. The summed E-state index contributed by atoms with van der Waals surface area (Å²) in [5, 5.41) is 9.36. The van der Waals surface area contributed by atoms with Crippen molar-refractivity contribution in [3.8, 4) is 0 Å².